The van der Waals surface area contributed by atoms with Crippen molar-refractivity contribution >= 4 is 5.91 Å². The molecule has 0 aromatic heterocycles. The van der Waals surface area contributed by atoms with Gasteiger partial charge in [0.05, 0.1) is 0 Å². The Balaban J connectivity index is 2.26. The number of nitrogens with two attached hydrogens (primary N) is 1. The van der Waals surface area contributed by atoms with Crippen LogP contribution in [0.1, 0.15) is 59.3 Å². The predicted molar refractivity (Wildman–Crippen MR) is 71.7 cm³/mol. The first-order valence-corrected chi connectivity index (χ1v) is 7.00. The fourth-order valence-electron chi connectivity index (χ4n) is 2.38. The molecule has 0 aliphatic carbocycles. The lowest BCUT2D eigenvalue weighted by Gasteiger charge is -2.39. The molecule has 1 rings (SSSR count). The third-order valence-electron chi connectivity index (χ3n) is 4.23. The van der Waals surface area contributed by atoms with Crippen molar-refractivity contribution in [2.45, 2.75) is 65.3 Å². The van der Waals surface area contributed by atoms with E-state index in [1.54, 1.807) is 0 Å². The Morgan fingerprint density at radius 1 is 1.41 bits per heavy atom. The lowest BCUT2D eigenvalue weighted by molar-refractivity contribution is -0.133. The van der Waals surface area contributed by atoms with E-state index in [1.807, 2.05) is 11.8 Å². The Labute approximate surface area is 106 Å². The smallest absolute Gasteiger partial charge is 0.222 e. The molecule has 0 saturated carbocycles. The summed E-state index contributed by atoms with van der Waals surface area (Å²) in [6.07, 6.45) is 6.08. The first kappa shape index (κ1) is 14.5. The maximum Gasteiger partial charge on any atom is 0.222 e. The van der Waals surface area contributed by atoms with Crippen LogP contribution in [-0.2, 0) is 4.79 Å². The standard InChI is InChI=1S/C14H28N2O/c1-4-14(3)8-10-16(11-9-14)13(17)7-5-6-12(2)15/h12H,4-11,15H2,1-3H3. The van der Waals surface area contributed by atoms with E-state index in [0.29, 0.717) is 17.7 Å². The third kappa shape index (κ3) is 4.66. The fourth-order valence-corrected chi connectivity index (χ4v) is 2.38. The van der Waals surface area contributed by atoms with Crippen LogP contribution in [-0.4, -0.2) is 29.9 Å². The van der Waals surface area contributed by atoms with Crippen molar-refractivity contribution in [1.82, 2.24) is 4.90 Å². The quantitative estimate of drug-likeness (QED) is 0.802. The van der Waals surface area contributed by atoms with Crippen LogP contribution in [0.4, 0.5) is 0 Å². The molecule has 1 aliphatic rings. The highest BCUT2D eigenvalue weighted by atomic mass is 16.2. The van der Waals surface area contributed by atoms with Crippen LogP contribution in [0.5, 0.6) is 0 Å². The maximum atomic E-state index is 12.0. The van der Waals surface area contributed by atoms with E-state index >= 15 is 0 Å². The zero-order valence-corrected chi connectivity index (χ0v) is 11.7. The van der Waals surface area contributed by atoms with Crippen LogP contribution < -0.4 is 5.73 Å². The lowest BCUT2D eigenvalue weighted by atomic mass is 9.78. The zero-order valence-electron chi connectivity index (χ0n) is 11.7. The van der Waals surface area contributed by atoms with Crippen molar-refractivity contribution in [1.29, 1.82) is 0 Å². The number of rotatable bonds is 5. The van der Waals surface area contributed by atoms with Gasteiger partial charge in [0.25, 0.3) is 0 Å². The van der Waals surface area contributed by atoms with Gasteiger partial charge in [0.1, 0.15) is 0 Å². The second-order valence-corrected chi connectivity index (χ2v) is 5.91. The van der Waals surface area contributed by atoms with Gasteiger partial charge in [-0.2, -0.15) is 0 Å². The molecule has 1 aliphatic heterocycles. The van der Waals surface area contributed by atoms with Gasteiger partial charge in [0.2, 0.25) is 5.91 Å². The van der Waals surface area contributed by atoms with Gasteiger partial charge in [-0.05, 0) is 38.0 Å². The summed E-state index contributed by atoms with van der Waals surface area (Å²) in [4.78, 5) is 14.0. The Morgan fingerprint density at radius 2 is 2.00 bits per heavy atom. The minimum absolute atomic E-state index is 0.215. The van der Waals surface area contributed by atoms with Crippen LogP contribution >= 0.6 is 0 Å². The number of hydrogen-bond donors (Lipinski definition) is 1. The van der Waals surface area contributed by atoms with E-state index in [1.165, 1.54) is 6.42 Å². The van der Waals surface area contributed by atoms with Crippen LogP contribution in [0.3, 0.4) is 0 Å². The molecule has 0 bridgehead atoms. The van der Waals surface area contributed by atoms with Gasteiger partial charge in [-0.3, -0.25) is 4.79 Å². The highest BCUT2D eigenvalue weighted by molar-refractivity contribution is 5.76. The molecular weight excluding hydrogens is 212 g/mol. The zero-order chi connectivity index (χ0) is 12.9. The molecular formula is C14H28N2O. The second kappa shape index (κ2) is 6.39. The molecule has 3 heteroatoms. The van der Waals surface area contributed by atoms with Gasteiger partial charge in [-0.1, -0.05) is 20.3 Å². The van der Waals surface area contributed by atoms with E-state index in [4.69, 9.17) is 5.73 Å². The first-order chi connectivity index (χ1) is 7.97. The summed E-state index contributed by atoms with van der Waals surface area (Å²) in [7, 11) is 0. The molecule has 3 nitrogen and oxygen atoms in total. The molecule has 100 valence electrons. The Bertz CT molecular complexity index is 243. The monoisotopic (exact) mass is 240 g/mol. The highest BCUT2D eigenvalue weighted by Crippen LogP contribution is 2.34. The Kier molecular flexibility index (Phi) is 5.44. The van der Waals surface area contributed by atoms with E-state index in [2.05, 4.69) is 13.8 Å². The second-order valence-electron chi connectivity index (χ2n) is 5.91. The Hall–Kier alpha value is -0.570. The molecule has 1 unspecified atom stereocenters. The van der Waals surface area contributed by atoms with Crippen LogP contribution in [0, 0.1) is 5.41 Å². The number of amides is 1. The van der Waals surface area contributed by atoms with E-state index in [9.17, 15) is 4.79 Å². The van der Waals surface area contributed by atoms with Crippen LogP contribution in [0.25, 0.3) is 0 Å². The van der Waals surface area contributed by atoms with Gasteiger partial charge in [0.15, 0.2) is 0 Å². The van der Waals surface area contributed by atoms with Crippen molar-refractivity contribution in [2.24, 2.45) is 11.1 Å². The molecule has 0 spiro atoms. The third-order valence-corrected chi connectivity index (χ3v) is 4.23. The van der Waals surface area contributed by atoms with Crippen molar-refractivity contribution in [3.05, 3.63) is 0 Å². The number of carbonyl (C=O) groups is 1. The fraction of sp³-hybridized carbons (Fsp3) is 0.929. The molecule has 1 atom stereocenters. The molecule has 1 fully saturated rings. The molecule has 1 saturated heterocycles. The summed E-state index contributed by atoms with van der Waals surface area (Å²) in [5.74, 6) is 0.323. The number of likely N-dealkylation sites (tertiary alicyclic amines) is 1. The van der Waals surface area contributed by atoms with Gasteiger partial charge in [-0.15, -0.1) is 0 Å². The summed E-state index contributed by atoms with van der Waals surface area (Å²) in [6, 6.07) is 0.215. The SMILES string of the molecule is CCC1(C)CCN(C(=O)CCCC(C)N)CC1. The average Bonchev–Trinajstić information content (AvgIpc) is 2.29. The average molecular weight is 240 g/mol. The summed E-state index contributed by atoms with van der Waals surface area (Å²) < 4.78 is 0. The lowest BCUT2D eigenvalue weighted by Crippen LogP contribution is -2.41. The van der Waals surface area contributed by atoms with E-state index in [-0.39, 0.29) is 6.04 Å². The summed E-state index contributed by atoms with van der Waals surface area (Å²) in [6.45, 7) is 8.48. The largest absolute Gasteiger partial charge is 0.343 e. The normalized spacial score (nSPS) is 21.3. The summed E-state index contributed by atoms with van der Waals surface area (Å²) in [5.41, 5.74) is 6.15. The minimum atomic E-state index is 0.215. The molecule has 1 heterocycles. The van der Waals surface area contributed by atoms with Crippen molar-refractivity contribution in [2.75, 3.05) is 13.1 Å². The van der Waals surface area contributed by atoms with Gasteiger partial charge >= 0.3 is 0 Å². The molecule has 2 N–H and O–H groups in total. The summed E-state index contributed by atoms with van der Waals surface area (Å²) >= 11 is 0. The number of piperidine rings is 1. The van der Waals surface area contributed by atoms with Gasteiger partial charge in [0, 0.05) is 25.6 Å². The van der Waals surface area contributed by atoms with Crippen LogP contribution in [0.2, 0.25) is 0 Å². The van der Waals surface area contributed by atoms with Gasteiger partial charge < -0.3 is 10.6 Å². The molecule has 17 heavy (non-hydrogen) atoms. The Morgan fingerprint density at radius 3 is 2.47 bits per heavy atom. The van der Waals surface area contributed by atoms with E-state index in [0.717, 1.165) is 38.8 Å². The molecule has 1 amide bonds. The predicted octanol–water partition coefficient (Wildman–Crippen LogP) is 2.54. The van der Waals surface area contributed by atoms with Crippen molar-refractivity contribution in [3.8, 4) is 0 Å². The molecule has 0 aromatic rings. The maximum absolute atomic E-state index is 12.0. The number of hydrogen-bond acceptors (Lipinski definition) is 2. The summed E-state index contributed by atoms with van der Waals surface area (Å²) in [5, 5.41) is 0. The van der Waals surface area contributed by atoms with E-state index < -0.39 is 0 Å². The molecule has 0 aromatic carbocycles. The number of carbonyl (C=O) groups excluding carboxylic acids is 1. The molecule has 0 radical (unpaired) electrons. The van der Waals surface area contributed by atoms with Gasteiger partial charge in [-0.25, -0.2) is 0 Å². The number of nitrogens with zero attached hydrogens (tertiary/aromatic N) is 1. The first-order valence-electron chi connectivity index (χ1n) is 7.00. The minimum Gasteiger partial charge on any atom is -0.343 e. The topological polar surface area (TPSA) is 46.3 Å². The van der Waals surface area contributed by atoms with Crippen LogP contribution in [0.15, 0.2) is 0 Å². The van der Waals surface area contributed by atoms with Crippen molar-refractivity contribution in [3.63, 3.8) is 0 Å². The van der Waals surface area contributed by atoms with Crippen molar-refractivity contribution < 1.29 is 4.79 Å². The highest BCUT2D eigenvalue weighted by Gasteiger charge is 2.29.